The Morgan fingerprint density at radius 3 is 2.30 bits per heavy atom. The normalized spacial score (nSPS) is 17.4. The second kappa shape index (κ2) is 8.43. The maximum atomic E-state index is 10.4. The van der Waals surface area contributed by atoms with E-state index in [0.717, 1.165) is 12.8 Å². The standard InChI is InChI=1S/C18H31NO/c1-4-6-10-16(5-2)13-18(14-19,15(3)20)17-11-8-7-9-12-17/h7-9,11-12,15-16,20H,4-6,10,13-14,19H2,1-3H3. The predicted octanol–water partition coefficient (Wildman–Crippen LogP) is 3.87. The zero-order chi connectivity index (χ0) is 15.0. The molecule has 2 nitrogen and oxygen atoms in total. The van der Waals surface area contributed by atoms with Crippen LogP contribution in [0.1, 0.15) is 58.4 Å². The molecule has 0 spiro atoms. The summed E-state index contributed by atoms with van der Waals surface area (Å²) < 4.78 is 0. The lowest BCUT2D eigenvalue weighted by molar-refractivity contribution is 0.0798. The van der Waals surface area contributed by atoms with Gasteiger partial charge in [-0.1, -0.05) is 69.9 Å². The molecule has 1 rings (SSSR count). The number of hydrogen-bond acceptors (Lipinski definition) is 2. The summed E-state index contributed by atoms with van der Waals surface area (Å²) in [5.41, 5.74) is 6.98. The smallest absolute Gasteiger partial charge is 0.0620 e. The van der Waals surface area contributed by atoms with E-state index in [-0.39, 0.29) is 5.41 Å². The van der Waals surface area contributed by atoms with Crippen LogP contribution in [0.5, 0.6) is 0 Å². The topological polar surface area (TPSA) is 46.2 Å². The van der Waals surface area contributed by atoms with Crippen LogP contribution in [-0.4, -0.2) is 17.8 Å². The highest BCUT2D eigenvalue weighted by atomic mass is 16.3. The molecule has 0 amide bonds. The monoisotopic (exact) mass is 277 g/mol. The van der Waals surface area contributed by atoms with Gasteiger partial charge in [-0.05, 0) is 24.8 Å². The first-order chi connectivity index (χ1) is 9.60. The highest BCUT2D eigenvalue weighted by Gasteiger charge is 2.37. The molecule has 0 saturated carbocycles. The Bertz CT molecular complexity index is 363. The van der Waals surface area contributed by atoms with Crippen LogP contribution < -0.4 is 5.73 Å². The van der Waals surface area contributed by atoms with Crippen molar-refractivity contribution in [3.05, 3.63) is 35.9 Å². The molecule has 114 valence electrons. The van der Waals surface area contributed by atoms with Crippen LogP contribution in [0.2, 0.25) is 0 Å². The number of aliphatic hydroxyl groups is 1. The Balaban J connectivity index is 2.99. The van der Waals surface area contributed by atoms with Crippen molar-refractivity contribution in [2.75, 3.05) is 6.54 Å². The molecule has 3 atom stereocenters. The SMILES string of the molecule is CCCCC(CC)CC(CN)(c1ccccc1)C(C)O. The number of unbranched alkanes of at least 4 members (excludes halogenated alkanes) is 1. The van der Waals surface area contributed by atoms with Gasteiger partial charge in [-0.3, -0.25) is 0 Å². The van der Waals surface area contributed by atoms with E-state index in [0.29, 0.717) is 12.5 Å². The van der Waals surface area contributed by atoms with Gasteiger partial charge in [0.2, 0.25) is 0 Å². The molecule has 0 heterocycles. The van der Waals surface area contributed by atoms with Gasteiger partial charge in [-0.25, -0.2) is 0 Å². The van der Waals surface area contributed by atoms with Crippen molar-refractivity contribution in [1.82, 2.24) is 0 Å². The fourth-order valence-corrected chi connectivity index (χ4v) is 3.13. The van der Waals surface area contributed by atoms with Gasteiger partial charge < -0.3 is 10.8 Å². The third kappa shape index (κ3) is 4.07. The zero-order valence-electron chi connectivity index (χ0n) is 13.3. The fourth-order valence-electron chi connectivity index (χ4n) is 3.13. The van der Waals surface area contributed by atoms with E-state index >= 15 is 0 Å². The van der Waals surface area contributed by atoms with Crippen LogP contribution in [-0.2, 0) is 5.41 Å². The lowest BCUT2D eigenvalue weighted by Crippen LogP contribution is -2.46. The van der Waals surface area contributed by atoms with Crippen molar-refractivity contribution in [3.8, 4) is 0 Å². The Hall–Kier alpha value is -0.860. The third-order valence-corrected chi connectivity index (χ3v) is 4.71. The van der Waals surface area contributed by atoms with Gasteiger partial charge in [-0.15, -0.1) is 0 Å². The van der Waals surface area contributed by atoms with Crippen molar-refractivity contribution in [1.29, 1.82) is 0 Å². The van der Waals surface area contributed by atoms with E-state index in [1.807, 2.05) is 25.1 Å². The minimum atomic E-state index is -0.425. The summed E-state index contributed by atoms with van der Waals surface area (Å²) in [6, 6.07) is 10.3. The van der Waals surface area contributed by atoms with Gasteiger partial charge >= 0.3 is 0 Å². The quantitative estimate of drug-likeness (QED) is 0.719. The molecule has 0 fully saturated rings. The molecule has 20 heavy (non-hydrogen) atoms. The minimum absolute atomic E-state index is 0.310. The van der Waals surface area contributed by atoms with Gasteiger partial charge in [0, 0.05) is 12.0 Å². The van der Waals surface area contributed by atoms with Crippen LogP contribution in [0.25, 0.3) is 0 Å². The molecule has 0 aliphatic heterocycles. The Labute approximate surface area is 124 Å². The van der Waals surface area contributed by atoms with Crippen molar-refractivity contribution >= 4 is 0 Å². The molecule has 0 bridgehead atoms. The number of benzene rings is 1. The molecule has 1 aromatic carbocycles. The Morgan fingerprint density at radius 1 is 1.20 bits per heavy atom. The molecule has 3 N–H and O–H groups in total. The molecule has 0 radical (unpaired) electrons. The van der Waals surface area contributed by atoms with Crippen LogP contribution in [0, 0.1) is 5.92 Å². The summed E-state index contributed by atoms with van der Waals surface area (Å²) in [5.74, 6) is 0.633. The molecule has 0 aliphatic carbocycles. The molecule has 0 aliphatic rings. The first-order valence-electron chi connectivity index (χ1n) is 8.04. The highest BCUT2D eigenvalue weighted by Crippen LogP contribution is 2.36. The minimum Gasteiger partial charge on any atom is -0.392 e. The van der Waals surface area contributed by atoms with Crippen LogP contribution >= 0.6 is 0 Å². The van der Waals surface area contributed by atoms with Crippen LogP contribution in [0.15, 0.2) is 30.3 Å². The van der Waals surface area contributed by atoms with E-state index in [1.165, 1.54) is 24.8 Å². The third-order valence-electron chi connectivity index (χ3n) is 4.71. The largest absolute Gasteiger partial charge is 0.392 e. The first kappa shape index (κ1) is 17.2. The van der Waals surface area contributed by atoms with Gasteiger partial charge in [-0.2, -0.15) is 0 Å². The molecule has 0 saturated heterocycles. The summed E-state index contributed by atoms with van der Waals surface area (Å²) in [4.78, 5) is 0. The summed E-state index contributed by atoms with van der Waals surface area (Å²) in [6.07, 6.45) is 5.42. The van der Waals surface area contributed by atoms with Crippen molar-refractivity contribution in [3.63, 3.8) is 0 Å². The maximum absolute atomic E-state index is 10.4. The van der Waals surface area contributed by atoms with Crippen molar-refractivity contribution < 1.29 is 5.11 Å². The van der Waals surface area contributed by atoms with Gasteiger partial charge in [0.15, 0.2) is 0 Å². The molecular weight excluding hydrogens is 246 g/mol. The summed E-state index contributed by atoms with van der Waals surface area (Å²) in [6.45, 7) is 6.85. The highest BCUT2D eigenvalue weighted by molar-refractivity contribution is 5.27. The number of nitrogens with two attached hydrogens (primary N) is 1. The van der Waals surface area contributed by atoms with E-state index in [2.05, 4.69) is 26.0 Å². The average molecular weight is 277 g/mol. The predicted molar refractivity (Wildman–Crippen MR) is 86.8 cm³/mol. The average Bonchev–Trinajstić information content (AvgIpc) is 2.48. The summed E-state index contributed by atoms with van der Waals surface area (Å²) >= 11 is 0. The second-order valence-corrected chi connectivity index (χ2v) is 6.02. The lowest BCUT2D eigenvalue weighted by atomic mass is 9.69. The number of aliphatic hydroxyl groups excluding tert-OH is 1. The van der Waals surface area contributed by atoms with Gasteiger partial charge in [0.05, 0.1) is 6.10 Å². The second-order valence-electron chi connectivity index (χ2n) is 6.02. The van der Waals surface area contributed by atoms with Crippen molar-refractivity contribution in [2.45, 2.75) is 64.4 Å². The summed E-state index contributed by atoms with van der Waals surface area (Å²) in [7, 11) is 0. The number of rotatable bonds is 9. The molecule has 1 aromatic rings. The zero-order valence-corrected chi connectivity index (χ0v) is 13.3. The van der Waals surface area contributed by atoms with E-state index in [4.69, 9.17) is 5.73 Å². The molecule has 3 unspecified atom stereocenters. The summed E-state index contributed by atoms with van der Waals surface area (Å²) in [5, 5.41) is 10.4. The lowest BCUT2D eigenvalue weighted by Gasteiger charge is -2.39. The molecule has 0 aromatic heterocycles. The van der Waals surface area contributed by atoms with E-state index in [1.54, 1.807) is 0 Å². The van der Waals surface area contributed by atoms with Gasteiger partial charge in [0.25, 0.3) is 0 Å². The Kier molecular flexibility index (Phi) is 7.25. The van der Waals surface area contributed by atoms with Gasteiger partial charge in [0.1, 0.15) is 0 Å². The fraction of sp³-hybridized carbons (Fsp3) is 0.667. The molecular formula is C18H31NO. The number of hydrogen-bond donors (Lipinski definition) is 2. The Morgan fingerprint density at radius 2 is 1.85 bits per heavy atom. The van der Waals surface area contributed by atoms with Crippen LogP contribution in [0.4, 0.5) is 0 Å². The van der Waals surface area contributed by atoms with Crippen molar-refractivity contribution in [2.24, 2.45) is 11.7 Å². The molecule has 2 heteroatoms. The van der Waals surface area contributed by atoms with Crippen LogP contribution in [0.3, 0.4) is 0 Å². The van der Waals surface area contributed by atoms with E-state index < -0.39 is 6.10 Å². The first-order valence-corrected chi connectivity index (χ1v) is 8.04. The van der Waals surface area contributed by atoms with E-state index in [9.17, 15) is 5.11 Å². The maximum Gasteiger partial charge on any atom is 0.0620 e.